The van der Waals surface area contributed by atoms with Crippen LogP contribution in [0.2, 0.25) is 0 Å². The Balaban J connectivity index is 1.40. The Morgan fingerprint density at radius 1 is 0.914 bits per heavy atom. The summed E-state index contributed by atoms with van der Waals surface area (Å²) in [7, 11) is 0. The van der Waals surface area contributed by atoms with E-state index in [0.29, 0.717) is 18.7 Å². The first-order valence-electron chi connectivity index (χ1n) is 11.2. The van der Waals surface area contributed by atoms with Crippen LogP contribution in [0.3, 0.4) is 0 Å². The second-order valence-electron chi connectivity index (χ2n) is 8.09. The van der Waals surface area contributed by atoms with Crippen molar-refractivity contribution in [3.8, 4) is 0 Å². The van der Waals surface area contributed by atoms with E-state index < -0.39 is 0 Å². The molecule has 7 heteroatoms. The van der Waals surface area contributed by atoms with Crippen molar-refractivity contribution in [3.63, 3.8) is 0 Å². The Bertz CT molecular complexity index is 1370. The summed E-state index contributed by atoms with van der Waals surface area (Å²) < 4.78 is 0.994. The van der Waals surface area contributed by atoms with Gasteiger partial charge in [0, 0.05) is 44.3 Å². The van der Waals surface area contributed by atoms with Gasteiger partial charge >= 0.3 is 0 Å². The van der Waals surface area contributed by atoms with Crippen molar-refractivity contribution in [2.24, 2.45) is 4.99 Å². The minimum atomic E-state index is -0.119. The molecule has 4 aromatic rings. The van der Waals surface area contributed by atoms with Crippen molar-refractivity contribution in [2.45, 2.75) is 27.3 Å². The van der Waals surface area contributed by atoms with Crippen molar-refractivity contribution in [3.05, 3.63) is 119 Å². The lowest BCUT2D eigenvalue weighted by molar-refractivity contribution is 0.0951. The largest absolute Gasteiger partial charge is 0.348 e. The van der Waals surface area contributed by atoms with E-state index in [1.54, 1.807) is 24.2 Å². The molecule has 5 rings (SSSR count). The molecule has 2 heterocycles. The average Bonchev–Trinajstić information content (AvgIpc) is 3.07. The number of carbonyl (C=O) groups excluding carboxylic acids is 1. The van der Waals surface area contributed by atoms with Gasteiger partial charge in [0.1, 0.15) is 5.84 Å². The van der Waals surface area contributed by atoms with Crippen LogP contribution >= 0.6 is 34.4 Å². The quantitative estimate of drug-likeness (QED) is 0.200. The molecule has 0 fully saturated rings. The van der Waals surface area contributed by atoms with Crippen molar-refractivity contribution in [2.75, 3.05) is 5.32 Å². The number of anilines is 1. The number of benzene rings is 3. The lowest BCUT2D eigenvalue weighted by atomic mass is 10.1. The number of alkyl halides is 1. The summed E-state index contributed by atoms with van der Waals surface area (Å²) in [5.74, 6) is 0.686. The number of nitrogens with zero attached hydrogens (tertiary/aromatic N) is 2. The first-order chi connectivity index (χ1) is 17.2. The number of pyridine rings is 1. The van der Waals surface area contributed by atoms with Gasteiger partial charge < -0.3 is 10.6 Å². The number of aliphatic imine (C=N–C) groups is 1. The number of rotatable bonds is 6. The van der Waals surface area contributed by atoms with Gasteiger partial charge in [0.05, 0.1) is 12.2 Å². The highest BCUT2D eigenvalue weighted by molar-refractivity contribution is 14.1. The number of amides is 1. The molecule has 5 nitrogen and oxygen atoms in total. The highest BCUT2D eigenvalue weighted by Crippen LogP contribution is 2.39. The van der Waals surface area contributed by atoms with Crippen molar-refractivity contribution < 1.29 is 4.79 Å². The number of carbonyl (C=O) groups is 1. The number of hydrogen-bond donors (Lipinski definition) is 2. The molecule has 0 aliphatic carbocycles. The van der Waals surface area contributed by atoms with Crippen LogP contribution in [-0.4, -0.2) is 16.7 Å². The topological polar surface area (TPSA) is 66.4 Å². The normalized spacial score (nSPS) is 13.3. The fourth-order valence-electron chi connectivity index (χ4n) is 3.74. The Kier molecular flexibility index (Phi) is 7.44. The summed E-state index contributed by atoms with van der Waals surface area (Å²) in [6.45, 7) is 1.03. The van der Waals surface area contributed by atoms with Gasteiger partial charge in [0.15, 0.2) is 0 Å². The third-order valence-electron chi connectivity index (χ3n) is 5.66. The Labute approximate surface area is 222 Å². The Morgan fingerprint density at radius 3 is 2.49 bits per heavy atom. The number of nitrogens with one attached hydrogen (secondary N) is 2. The van der Waals surface area contributed by atoms with Crippen LogP contribution in [0.25, 0.3) is 0 Å². The zero-order chi connectivity index (χ0) is 24.0. The van der Waals surface area contributed by atoms with Crippen molar-refractivity contribution >= 4 is 51.8 Å². The second kappa shape index (κ2) is 11.0. The maximum Gasteiger partial charge on any atom is 0.251 e. The van der Waals surface area contributed by atoms with E-state index in [9.17, 15) is 4.79 Å². The maximum absolute atomic E-state index is 12.9. The predicted octanol–water partition coefficient (Wildman–Crippen LogP) is 6.47. The third kappa shape index (κ3) is 5.74. The summed E-state index contributed by atoms with van der Waals surface area (Å²) >= 11 is 4.05. The number of halogens is 1. The number of aromatic nitrogens is 1. The molecule has 35 heavy (non-hydrogen) atoms. The summed E-state index contributed by atoms with van der Waals surface area (Å²) in [6.07, 6.45) is 3.45. The van der Waals surface area contributed by atoms with Crippen molar-refractivity contribution in [1.82, 2.24) is 10.3 Å². The first-order valence-corrected chi connectivity index (χ1v) is 13.6. The highest BCUT2D eigenvalue weighted by atomic mass is 127. The van der Waals surface area contributed by atoms with E-state index in [0.717, 1.165) is 42.4 Å². The van der Waals surface area contributed by atoms with E-state index in [-0.39, 0.29) is 5.91 Å². The molecule has 0 radical (unpaired) electrons. The molecule has 0 saturated carbocycles. The van der Waals surface area contributed by atoms with Crippen LogP contribution < -0.4 is 10.6 Å². The lowest BCUT2D eigenvalue weighted by Crippen LogP contribution is -2.23. The molecule has 0 spiro atoms. The van der Waals surface area contributed by atoms with Crippen molar-refractivity contribution in [1.29, 1.82) is 0 Å². The van der Waals surface area contributed by atoms with Gasteiger partial charge in [-0.15, -0.1) is 0 Å². The molecule has 0 saturated heterocycles. The highest BCUT2D eigenvalue weighted by Gasteiger charge is 2.19. The summed E-state index contributed by atoms with van der Waals surface area (Å²) in [5, 5.41) is 6.51. The summed E-state index contributed by atoms with van der Waals surface area (Å²) in [6, 6.07) is 26.4. The molecule has 0 atom stereocenters. The molecule has 174 valence electrons. The van der Waals surface area contributed by atoms with Crippen LogP contribution in [0, 0.1) is 0 Å². The van der Waals surface area contributed by atoms with Crippen LogP contribution in [-0.2, 0) is 17.5 Å². The fraction of sp³-hybridized carbons (Fsp3) is 0.107. The first kappa shape index (κ1) is 23.6. The molecule has 2 N–H and O–H groups in total. The predicted molar refractivity (Wildman–Crippen MR) is 150 cm³/mol. The zero-order valence-corrected chi connectivity index (χ0v) is 21.8. The minimum Gasteiger partial charge on any atom is -0.348 e. The van der Waals surface area contributed by atoms with E-state index in [1.165, 1.54) is 5.56 Å². The van der Waals surface area contributed by atoms with Crippen LogP contribution in [0.5, 0.6) is 0 Å². The van der Waals surface area contributed by atoms with Crippen LogP contribution in [0.4, 0.5) is 5.69 Å². The molecule has 1 aliphatic heterocycles. The molecule has 3 aromatic carbocycles. The van der Waals surface area contributed by atoms with Gasteiger partial charge in [-0.1, -0.05) is 76.8 Å². The molecule has 1 aromatic heterocycles. The number of fused-ring (bicyclic) bond motifs is 2. The molecule has 1 aliphatic rings. The second-order valence-corrected chi connectivity index (χ2v) is 9.93. The Morgan fingerprint density at radius 2 is 1.69 bits per heavy atom. The summed E-state index contributed by atoms with van der Waals surface area (Å²) in [5.41, 5.74) is 6.01. The monoisotopic (exact) mass is 590 g/mol. The van der Waals surface area contributed by atoms with E-state index in [1.807, 2.05) is 42.5 Å². The van der Waals surface area contributed by atoms with E-state index in [4.69, 9.17) is 4.99 Å². The van der Waals surface area contributed by atoms with Gasteiger partial charge in [-0.05, 0) is 53.1 Å². The molecule has 1 amide bonds. The van der Waals surface area contributed by atoms with E-state index in [2.05, 4.69) is 74.6 Å². The lowest BCUT2D eigenvalue weighted by Gasteiger charge is -2.12. The van der Waals surface area contributed by atoms with Gasteiger partial charge in [-0.3, -0.25) is 14.8 Å². The maximum atomic E-state index is 12.9. The van der Waals surface area contributed by atoms with Gasteiger partial charge in [0.25, 0.3) is 5.91 Å². The SMILES string of the molecule is O=C(NCc1ccncc1)c1ccc2c(c1)NC(=NCc1ccc(CI)cc1)c1ccccc1S2. The van der Waals surface area contributed by atoms with Gasteiger partial charge in [0.2, 0.25) is 0 Å². The number of hydrogen-bond acceptors (Lipinski definition) is 4. The number of amidine groups is 1. The average molecular weight is 590 g/mol. The summed E-state index contributed by atoms with van der Waals surface area (Å²) in [4.78, 5) is 24.0. The molecular weight excluding hydrogens is 567 g/mol. The van der Waals surface area contributed by atoms with Crippen LogP contribution in [0.1, 0.15) is 32.6 Å². The standard InChI is InChI=1S/C28H23IN4OS/c29-16-19-5-7-20(8-6-19)17-31-27-23-3-1-2-4-25(23)35-26-10-9-22(15-24(26)33-27)28(34)32-18-21-11-13-30-14-12-21/h1-15H,16-18H2,(H,31,33)(H,32,34). The molecule has 0 bridgehead atoms. The minimum absolute atomic E-state index is 0.119. The molecule has 0 unspecified atom stereocenters. The van der Waals surface area contributed by atoms with E-state index >= 15 is 0 Å². The third-order valence-corrected chi connectivity index (χ3v) is 7.69. The molecular formula is C28H23IN4OS. The van der Waals surface area contributed by atoms with Gasteiger partial charge in [-0.2, -0.15) is 0 Å². The fourth-order valence-corrected chi connectivity index (χ4v) is 5.26. The smallest absolute Gasteiger partial charge is 0.251 e. The van der Waals surface area contributed by atoms with Gasteiger partial charge in [-0.25, -0.2) is 0 Å². The Hall–Kier alpha value is -3.17. The zero-order valence-electron chi connectivity index (χ0n) is 18.9. The van der Waals surface area contributed by atoms with Crippen LogP contribution in [0.15, 0.2) is 106 Å².